The van der Waals surface area contributed by atoms with Crippen LogP contribution in [0.1, 0.15) is 31.2 Å². The number of benzene rings is 1. The number of carbonyl (C=O) groups excluding carboxylic acids is 2. The summed E-state index contributed by atoms with van der Waals surface area (Å²) < 4.78 is 45.5. The fraction of sp³-hybridized carbons (Fsp3) is 0.435. The van der Waals surface area contributed by atoms with Gasteiger partial charge in [-0.05, 0) is 37.5 Å². The highest BCUT2D eigenvalue weighted by Crippen LogP contribution is 2.29. The van der Waals surface area contributed by atoms with Crippen LogP contribution in [0.4, 0.5) is 19.0 Å². The van der Waals surface area contributed by atoms with Crippen LogP contribution in [0.25, 0.3) is 5.65 Å². The molecule has 1 fully saturated rings. The second-order valence-corrected chi connectivity index (χ2v) is 8.50. The highest BCUT2D eigenvalue weighted by Gasteiger charge is 2.38. The second kappa shape index (κ2) is 9.88. The van der Waals surface area contributed by atoms with Crippen LogP contribution in [-0.4, -0.2) is 62.8 Å². The van der Waals surface area contributed by atoms with Crippen LogP contribution in [0.5, 0.6) is 0 Å². The van der Waals surface area contributed by atoms with E-state index in [1.54, 1.807) is 24.9 Å². The number of piperidine rings is 1. The number of aromatic nitrogens is 4. The van der Waals surface area contributed by atoms with Crippen molar-refractivity contribution in [3.63, 3.8) is 0 Å². The zero-order valence-corrected chi connectivity index (χ0v) is 19.3. The Balaban J connectivity index is 1.32. The zero-order valence-electron chi connectivity index (χ0n) is 19.3. The molecule has 0 saturated carbocycles. The Labute approximate surface area is 199 Å². The van der Waals surface area contributed by atoms with Crippen molar-refractivity contribution in [1.82, 2.24) is 24.7 Å². The van der Waals surface area contributed by atoms with Gasteiger partial charge in [0.15, 0.2) is 11.8 Å². The second-order valence-electron chi connectivity index (χ2n) is 8.50. The van der Waals surface area contributed by atoms with Gasteiger partial charge in [-0.1, -0.05) is 30.3 Å². The summed E-state index contributed by atoms with van der Waals surface area (Å²) in [4.78, 5) is 28.6. The average Bonchev–Trinajstić information content (AvgIpc) is 3.28. The number of anilines is 1. The molecule has 0 N–H and O–H groups in total. The predicted octanol–water partition coefficient (Wildman–Crippen LogP) is 2.95. The van der Waals surface area contributed by atoms with Gasteiger partial charge in [0.25, 0.3) is 11.7 Å². The molecule has 3 aromatic rings. The van der Waals surface area contributed by atoms with E-state index >= 15 is 0 Å². The molecule has 4 rings (SSSR count). The van der Waals surface area contributed by atoms with Gasteiger partial charge >= 0.3 is 12.1 Å². The minimum atomic E-state index is -4.68. The first-order valence-electron chi connectivity index (χ1n) is 11.2. The van der Waals surface area contributed by atoms with Gasteiger partial charge in [0.1, 0.15) is 5.82 Å². The highest BCUT2D eigenvalue weighted by atomic mass is 19.4. The summed E-state index contributed by atoms with van der Waals surface area (Å²) in [6.45, 7) is 2.75. The quantitative estimate of drug-likeness (QED) is 0.491. The molecule has 35 heavy (non-hydrogen) atoms. The molecule has 0 spiro atoms. The van der Waals surface area contributed by atoms with E-state index in [4.69, 9.17) is 4.74 Å². The lowest BCUT2D eigenvalue weighted by Crippen LogP contribution is -2.41. The van der Waals surface area contributed by atoms with Crippen molar-refractivity contribution in [2.75, 3.05) is 25.0 Å². The lowest BCUT2D eigenvalue weighted by molar-refractivity contribution is -0.162. The first kappa shape index (κ1) is 24.4. The van der Waals surface area contributed by atoms with Crippen molar-refractivity contribution in [3.05, 3.63) is 53.9 Å². The molecular formula is C23H25F3N6O3. The molecule has 2 aromatic heterocycles. The van der Waals surface area contributed by atoms with Crippen molar-refractivity contribution in [1.29, 1.82) is 0 Å². The van der Waals surface area contributed by atoms with E-state index in [1.165, 1.54) is 11.0 Å². The molecule has 1 amide bonds. The summed E-state index contributed by atoms with van der Waals surface area (Å²) in [7, 11) is 1.65. The van der Waals surface area contributed by atoms with E-state index in [0.717, 1.165) is 5.56 Å². The Hall–Kier alpha value is -3.70. The van der Waals surface area contributed by atoms with E-state index in [9.17, 15) is 22.8 Å². The van der Waals surface area contributed by atoms with Gasteiger partial charge < -0.3 is 14.5 Å². The predicted molar refractivity (Wildman–Crippen MR) is 119 cm³/mol. The number of hydrogen-bond acceptors (Lipinski definition) is 7. The molecule has 0 bridgehead atoms. The van der Waals surface area contributed by atoms with E-state index in [-0.39, 0.29) is 11.6 Å². The Morgan fingerprint density at radius 2 is 1.80 bits per heavy atom. The van der Waals surface area contributed by atoms with Crippen molar-refractivity contribution >= 4 is 23.3 Å². The third-order valence-electron chi connectivity index (χ3n) is 5.93. The Morgan fingerprint density at radius 1 is 1.11 bits per heavy atom. The van der Waals surface area contributed by atoms with Crippen molar-refractivity contribution in [2.24, 2.45) is 5.92 Å². The van der Waals surface area contributed by atoms with Crippen molar-refractivity contribution in [3.8, 4) is 0 Å². The maximum Gasteiger partial charge on any atom is 0.453 e. The van der Waals surface area contributed by atoms with Crippen LogP contribution in [0.15, 0.2) is 42.5 Å². The molecule has 1 aromatic carbocycles. The molecule has 1 unspecified atom stereocenters. The molecule has 186 valence electrons. The number of ether oxygens (including phenoxy) is 1. The summed E-state index contributed by atoms with van der Waals surface area (Å²) >= 11 is 0. The molecule has 0 radical (unpaired) electrons. The molecule has 0 aliphatic carbocycles. The van der Waals surface area contributed by atoms with E-state index in [2.05, 4.69) is 15.3 Å². The number of carbonyl (C=O) groups is 2. The minimum Gasteiger partial charge on any atom is -0.452 e. The maximum atomic E-state index is 13.1. The van der Waals surface area contributed by atoms with E-state index in [0.29, 0.717) is 42.8 Å². The summed E-state index contributed by atoms with van der Waals surface area (Å²) in [6.07, 6.45) is -4.75. The fourth-order valence-electron chi connectivity index (χ4n) is 4.04. The smallest absolute Gasteiger partial charge is 0.452 e. The topological polar surface area (TPSA) is 92.9 Å². The zero-order chi connectivity index (χ0) is 25.2. The van der Waals surface area contributed by atoms with E-state index < -0.39 is 30.0 Å². The monoisotopic (exact) mass is 490 g/mol. The number of nitrogens with zero attached hydrogens (tertiary/aromatic N) is 6. The van der Waals surface area contributed by atoms with Crippen molar-refractivity contribution < 1.29 is 27.5 Å². The van der Waals surface area contributed by atoms with Gasteiger partial charge in [-0.15, -0.1) is 15.3 Å². The number of fused-ring (bicyclic) bond motifs is 1. The lowest BCUT2D eigenvalue weighted by atomic mass is 9.97. The van der Waals surface area contributed by atoms with Crippen LogP contribution in [0.3, 0.4) is 0 Å². The molecule has 1 atom stereocenters. The van der Waals surface area contributed by atoms with Gasteiger partial charge in [0, 0.05) is 26.7 Å². The molecule has 3 heterocycles. The van der Waals surface area contributed by atoms with Gasteiger partial charge in [-0.2, -0.15) is 17.7 Å². The van der Waals surface area contributed by atoms with Crippen LogP contribution < -0.4 is 4.90 Å². The Bertz CT molecular complexity index is 1190. The summed E-state index contributed by atoms with van der Waals surface area (Å²) in [6, 6.07) is 12.5. The van der Waals surface area contributed by atoms with Gasteiger partial charge in [0.05, 0.1) is 5.92 Å². The van der Waals surface area contributed by atoms with Gasteiger partial charge in [-0.25, -0.2) is 0 Å². The first-order valence-corrected chi connectivity index (χ1v) is 11.2. The number of rotatable bonds is 6. The molecule has 1 aliphatic rings. The van der Waals surface area contributed by atoms with Crippen molar-refractivity contribution in [2.45, 2.75) is 38.6 Å². The number of halogens is 3. The minimum absolute atomic E-state index is 0.00424. The lowest BCUT2D eigenvalue weighted by Gasteiger charge is -2.32. The summed E-state index contributed by atoms with van der Waals surface area (Å²) in [5.41, 5.74) is 0.963. The van der Waals surface area contributed by atoms with Crippen LogP contribution >= 0.6 is 0 Å². The van der Waals surface area contributed by atoms with Gasteiger partial charge in [-0.3, -0.25) is 9.59 Å². The standard InChI is InChI=1S/C23H25F3N6O3/c1-15(20(33)30(2)14-16-6-4-3-5-7-16)35-21(34)17-10-12-31(13-11-17)19-9-8-18-27-28-22(23(24,25)26)32(18)29-19/h3-9,15,17H,10-14H2,1-2H3. The number of amides is 1. The molecule has 9 nitrogen and oxygen atoms in total. The highest BCUT2D eigenvalue weighted by molar-refractivity contribution is 5.84. The Morgan fingerprint density at radius 3 is 2.46 bits per heavy atom. The molecule has 1 aliphatic heterocycles. The number of alkyl halides is 3. The third-order valence-corrected chi connectivity index (χ3v) is 5.93. The molecule has 1 saturated heterocycles. The maximum absolute atomic E-state index is 13.1. The first-order chi connectivity index (χ1) is 16.6. The number of hydrogen-bond donors (Lipinski definition) is 0. The Kier molecular flexibility index (Phi) is 6.90. The van der Waals surface area contributed by atoms with Crippen LogP contribution in [-0.2, 0) is 27.0 Å². The normalized spacial score (nSPS) is 15.7. The average molecular weight is 490 g/mol. The van der Waals surface area contributed by atoms with Gasteiger partial charge in [0.2, 0.25) is 0 Å². The largest absolute Gasteiger partial charge is 0.453 e. The summed E-state index contributed by atoms with van der Waals surface area (Å²) in [5.74, 6) is -2.03. The SMILES string of the molecule is CC(OC(=O)C1CCN(c2ccc3nnc(C(F)(F)F)n3n2)CC1)C(=O)N(C)Cc1ccccc1. The van der Waals surface area contributed by atoms with Crippen LogP contribution in [0.2, 0.25) is 0 Å². The fourth-order valence-corrected chi connectivity index (χ4v) is 4.04. The summed E-state index contributed by atoms with van der Waals surface area (Å²) in [5, 5.41) is 10.7. The van der Waals surface area contributed by atoms with Crippen LogP contribution in [0, 0.1) is 5.92 Å². The molecule has 12 heteroatoms. The van der Waals surface area contributed by atoms with E-state index in [1.807, 2.05) is 30.3 Å². The third kappa shape index (κ3) is 5.52. The number of likely N-dealkylation sites (N-methyl/N-ethyl adjacent to an activating group) is 1. The number of esters is 1. The molecular weight excluding hydrogens is 465 g/mol.